The first kappa shape index (κ1) is 31.2. The Hall–Kier alpha value is -3.77. The van der Waals surface area contributed by atoms with Crippen molar-refractivity contribution in [2.45, 2.75) is 33.1 Å². The van der Waals surface area contributed by atoms with Crippen molar-refractivity contribution in [3.63, 3.8) is 0 Å². The molecule has 0 N–H and O–H groups in total. The Bertz CT molecular complexity index is 1600. The van der Waals surface area contributed by atoms with E-state index in [0.717, 1.165) is 18.6 Å². The molecule has 3 fully saturated rings. The van der Waals surface area contributed by atoms with Crippen molar-refractivity contribution >= 4 is 29.1 Å². The van der Waals surface area contributed by atoms with Gasteiger partial charge in [0.05, 0.1) is 43.2 Å². The zero-order valence-corrected chi connectivity index (χ0v) is 26.0. The van der Waals surface area contributed by atoms with E-state index in [1.54, 1.807) is 29.9 Å². The Balaban J connectivity index is 1.19. The number of amides is 2. The average molecular weight is 642 g/mol. The number of likely N-dealkylation sites (tertiary alicyclic amines) is 2. The van der Waals surface area contributed by atoms with Gasteiger partial charge in [-0.15, -0.1) is 11.3 Å². The Kier molecular flexibility index (Phi) is 8.01. The number of hydrogen-bond acceptors (Lipinski definition) is 7. The zero-order valence-electron chi connectivity index (χ0n) is 25.2. The fourth-order valence-corrected chi connectivity index (χ4v) is 7.27. The van der Waals surface area contributed by atoms with Gasteiger partial charge < -0.3 is 19.3 Å². The van der Waals surface area contributed by atoms with Crippen LogP contribution in [0, 0.1) is 22.7 Å². The van der Waals surface area contributed by atoms with E-state index in [2.05, 4.69) is 18.8 Å². The molecule has 2 amide bonds. The van der Waals surface area contributed by atoms with Gasteiger partial charge in [-0.1, -0.05) is 44.2 Å². The molecule has 3 aromatic rings. The molecule has 2 atom stereocenters. The van der Waals surface area contributed by atoms with Crippen molar-refractivity contribution in [1.29, 1.82) is 0 Å². The number of methoxy groups -OCH3 is 1. The summed E-state index contributed by atoms with van der Waals surface area (Å²) in [4.78, 5) is 47.6. The molecule has 8 nitrogen and oxygen atoms in total. The van der Waals surface area contributed by atoms with Gasteiger partial charge in [-0.25, -0.2) is 4.79 Å². The monoisotopic (exact) mass is 641 g/mol. The highest BCUT2D eigenvalue weighted by Crippen LogP contribution is 2.54. The van der Waals surface area contributed by atoms with Crippen molar-refractivity contribution in [2.24, 2.45) is 22.7 Å². The maximum Gasteiger partial charge on any atom is 0.416 e. The van der Waals surface area contributed by atoms with Crippen LogP contribution in [0.4, 0.5) is 13.2 Å². The number of hydrogen-bond donors (Lipinski definition) is 0. The van der Waals surface area contributed by atoms with Crippen LogP contribution in [0.5, 0.6) is 0 Å². The molecular weight excluding hydrogens is 607 g/mol. The molecule has 3 aliphatic rings. The average Bonchev–Trinajstić information content (AvgIpc) is 3.35. The second-order valence-electron chi connectivity index (χ2n) is 13.0. The van der Waals surface area contributed by atoms with E-state index in [0.29, 0.717) is 47.7 Å². The van der Waals surface area contributed by atoms with Crippen LogP contribution in [-0.4, -0.2) is 72.5 Å². The molecule has 1 aliphatic carbocycles. The summed E-state index contributed by atoms with van der Waals surface area (Å²) in [6, 6.07) is 9.74. The Morgan fingerprint density at radius 1 is 1.04 bits per heavy atom. The molecule has 2 aromatic carbocycles. The number of thiazole rings is 1. The van der Waals surface area contributed by atoms with Gasteiger partial charge in [0.1, 0.15) is 4.88 Å². The zero-order chi connectivity index (χ0) is 32.1. The van der Waals surface area contributed by atoms with E-state index in [9.17, 15) is 27.6 Å². The van der Waals surface area contributed by atoms with E-state index >= 15 is 0 Å². The number of carbonyl (C=O) groups is 3. The van der Waals surface area contributed by atoms with E-state index < -0.39 is 17.7 Å². The molecule has 1 spiro atoms. The van der Waals surface area contributed by atoms with E-state index in [4.69, 9.17) is 9.47 Å². The predicted molar refractivity (Wildman–Crippen MR) is 160 cm³/mol. The summed E-state index contributed by atoms with van der Waals surface area (Å²) in [6.07, 6.45) is -2.03. The lowest BCUT2D eigenvalue weighted by molar-refractivity contribution is -0.148. The van der Waals surface area contributed by atoms with Crippen molar-refractivity contribution in [3.8, 4) is 11.1 Å². The SMILES string of the molecule is COC(=O)c1c(COCC2CN(C(=O)c3cncs3)CC23CN(C(=O)[C@H]2CC2(C)C)C3)cccc1-c1ccc(C(F)(F)F)cc1. The minimum absolute atomic E-state index is 0.0262. The number of benzene rings is 2. The third-order valence-corrected chi connectivity index (χ3v) is 10.3. The lowest BCUT2D eigenvalue weighted by atomic mass is 9.71. The molecule has 0 bridgehead atoms. The summed E-state index contributed by atoms with van der Waals surface area (Å²) < 4.78 is 50.7. The maximum atomic E-state index is 13.3. The van der Waals surface area contributed by atoms with Crippen LogP contribution >= 0.6 is 11.3 Å². The molecule has 45 heavy (non-hydrogen) atoms. The molecule has 0 radical (unpaired) electrons. The Morgan fingerprint density at radius 2 is 1.73 bits per heavy atom. The first-order valence-corrected chi connectivity index (χ1v) is 15.6. The van der Waals surface area contributed by atoms with Gasteiger partial charge in [-0.3, -0.25) is 14.6 Å². The van der Waals surface area contributed by atoms with Crippen LogP contribution < -0.4 is 0 Å². The van der Waals surface area contributed by atoms with Gasteiger partial charge in [0.15, 0.2) is 0 Å². The molecule has 1 saturated carbocycles. The first-order valence-electron chi connectivity index (χ1n) is 14.7. The summed E-state index contributed by atoms with van der Waals surface area (Å²) in [6.45, 7) is 6.60. The van der Waals surface area contributed by atoms with Crippen LogP contribution in [0.15, 0.2) is 54.2 Å². The summed E-state index contributed by atoms with van der Waals surface area (Å²) in [7, 11) is 1.25. The molecule has 3 heterocycles. The third-order valence-electron chi connectivity index (χ3n) is 9.52. The fourth-order valence-electron chi connectivity index (χ4n) is 6.69. The number of alkyl halides is 3. The molecule has 1 unspecified atom stereocenters. The fraction of sp³-hybridized carbons (Fsp3) is 0.455. The molecule has 6 rings (SSSR count). The van der Waals surface area contributed by atoms with Gasteiger partial charge in [0, 0.05) is 43.4 Å². The van der Waals surface area contributed by atoms with Crippen LogP contribution in [0.1, 0.15) is 51.4 Å². The van der Waals surface area contributed by atoms with Crippen molar-refractivity contribution in [1.82, 2.24) is 14.8 Å². The van der Waals surface area contributed by atoms with Gasteiger partial charge in [-0.2, -0.15) is 13.2 Å². The molecule has 2 aliphatic heterocycles. The highest BCUT2D eigenvalue weighted by Gasteiger charge is 2.60. The maximum absolute atomic E-state index is 13.3. The van der Waals surface area contributed by atoms with Gasteiger partial charge in [-0.05, 0) is 40.7 Å². The Labute approximate surface area is 263 Å². The Morgan fingerprint density at radius 3 is 2.33 bits per heavy atom. The van der Waals surface area contributed by atoms with Gasteiger partial charge >= 0.3 is 12.1 Å². The summed E-state index contributed by atoms with van der Waals surface area (Å²) in [5.74, 6) is -0.566. The van der Waals surface area contributed by atoms with E-state index in [1.165, 1.54) is 30.6 Å². The second kappa shape index (κ2) is 11.5. The van der Waals surface area contributed by atoms with E-state index in [1.807, 2.05) is 9.80 Å². The number of ether oxygens (including phenoxy) is 2. The van der Waals surface area contributed by atoms with Crippen LogP contribution in [0.2, 0.25) is 0 Å². The molecule has 1 aromatic heterocycles. The number of carbonyl (C=O) groups excluding carboxylic acids is 3. The summed E-state index contributed by atoms with van der Waals surface area (Å²) >= 11 is 1.29. The topological polar surface area (TPSA) is 89.0 Å². The number of esters is 1. The van der Waals surface area contributed by atoms with Crippen LogP contribution in [0.25, 0.3) is 11.1 Å². The summed E-state index contributed by atoms with van der Waals surface area (Å²) in [5.41, 5.74) is 2.19. The number of rotatable bonds is 8. The molecular formula is C33H34F3N3O5S. The minimum Gasteiger partial charge on any atom is -0.465 e. The number of halogens is 3. The second-order valence-corrected chi connectivity index (χ2v) is 13.9. The lowest BCUT2D eigenvalue weighted by Crippen LogP contribution is -2.63. The highest BCUT2D eigenvalue weighted by atomic mass is 32.1. The van der Waals surface area contributed by atoms with Crippen molar-refractivity contribution in [3.05, 3.63) is 75.7 Å². The van der Waals surface area contributed by atoms with Crippen molar-refractivity contribution in [2.75, 3.05) is 39.9 Å². The predicted octanol–water partition coefficient (Wildman–Crippen LogP) is 5.78. The third kappa shape index (κ3) is 5.97. The van der Waals surface area contributed by atoms with E-state index in [-0.39, 0.29) is 53.3 Å². The largest absolute Gasteiger partial charge is 0.465 e. The summed E-state index contributed by atoms with van der Waals surface area (Å²) in [5, 5.41) is 0. The van der Waals surface area contributed by atoms with Gasteiger partial charge in [0.2, 0.25) is 5.91 Å². The van der Waals surface area contributed by atoms with Crippen LogP contribution in [0.3, 0.4) is 0 Å². The van der Waals surface area contributed by atoms with Crippen molar-refractivity contribution < 1.29 is 37.0 Å². The number of aromatic nitrogens is 1. The smallest absolute Gasteiger partial charge is 0.416 e. The normalized spacial score (nSPS) is 21.5. The standard InChI is InChI=1S/C33H34F3N3O5S/c1-31(2)11-25(31)28(40)39-17-32(18-39)16-38(29(41)26-12-37-19-45-26)13-23(32)15-44-14-21-5-4-6-24(27(21)30(42)43-3)20-7-9-22(10-8-20)33(34,35)36/h4-10,12,19,23,25H,11,13-18H2,1-3H3/t23?,25-/m1/s1. The molecule has 238 valence electrons. The van der Waals surface area contributed by atoms with Crippen LogP contribution in [-0.2, 0) is 27.1 Å². The lowest BCUT2D eigenvalue weighted by Gasteiger charge is -2.51. The van der Waals surface area contributed by atoms with Gasteiger partial charge in [0.25, 0.3) is 5.91 Å². The first-order chi connectivity index (χ1) is 21.3. The molecule has 12 heteroatoms. The number of nitrogens with zero attached hydrogens (tertiary/aromatic N) is 3. The minimum atomic E-state index is -4.48. The quantitative estimate of drug-likeness (QED) is 0.290. The molecule has 2 saturated heterocycles. The highest BCUT2D eigenvalue weighted by molar-refractivity contribution is 7.11.